The maximum absolute atomic E-state index is 9.85. The molecule has 0 saturated heterocycles. The lowest BCUT2D eigenvalue weighted by Crippen LogP contribution is -2.34. The smallest absolute Gasteiger partial charge is 0.119 e. The molecule has 0 heterocycles. The average Bonchev–Trinajstić information content (AvgIpc) is 2.84. The fourth-order valence-corrected chi connectivity index (χ4v) is 2.57. The number of ether oxygens (including phenoxy) is 1. The highest BCUT2D eigenvalue weighted by atomic mass is 16.5. The Labute approximate surface area is 120 Å². The van der Waals surface area contributed by atoms with Crippen molar-refractivity contribution in [2.75, 3.05) is 19.7 Å². The van der Waals surface area contributed by atoms with Crippen molar-refractivity contribution in [2.45, 2.75) is 38.4 Å². The zero-order valence-electron chi connectivity index (χ0n) is 12.1. The highest BCUT2D eigenvalue weighted by Gasteiger charge is 2.22. The largest absolute Gasteiger partial charge is 0.491 e. The normalized spacial score (nSPS) is 23.8. The Morgan fingerprint density at radius 2 is 2.05 bits per heavy atom. The van der Waals surface area contributed by atoms with Gasteiger partial charge in [0.05, 0.1) is 6.10 Å². The van der Waals surface area contributed by atoms with E-state index in [4.69, 9.17) is 4.74 Å². The molecule has 112 valence electrons. The van der Waals surface area contributed by atoms with Crippen LogP contribution in [0.2, 0.25) is 0 Å². The number of aryl methyl sites for hydroxylation is 1. The van der Waals surface area contributed by atoms with E-state index in [2.05, 4.69) is 5.32 Å². The van der Waals surface area contributed by atoms with Gasteiger partial charge in [-0.1, -0.05) is 17.7 Å². The number of rotatable bonds is 7. The number of hydrogen-bond donors (Lipinski definition) is 3. The molecule has 1 fully saturated rings. The first-order valence-corrected chi connectivity index (χ1v) is 7.40. The van der Waals surface area contributed by atoms with Crippen molar-refractivity contribution in [3.05, 3.63) is 29.8 Å². The second-order valence-electron chi connectivity index (χ2n) is 5.77. The van der Waals surface area contributed by atoms with E-state index >= 15 is 0 Å². The maximum atomic E-state index is 9.85. The van der Waals surface area contributed by atoms with Crippen LogP contribution in [0.4, 0.5) is 0 Å². The molecule has 0 bridgehead atoms. The minimum Gasteiger partial charge on any atom is -0.491 e. The summed E-state index contributed by atoms with van der Waals surface area (Å²) in [6.45, 7) is 3.71. The van der Waals surface area contributed by atoms with Gasteiger partial charge in [0, 0.05) is 6.54 Å². The summed E-state index contributed by atoms with van der Waals surface area (Å²) >= 11 is 0. The zero-order valence-corrected chi connectivity index (χ0v) is 12.1. The predicted octanol–water partition coefficient (Wildman–Crippen LogP) is 1.49. The molecule has 4 heteroatoms. The van der Waals surface area contributed by atoms with Crippen LogP contribution in [0.5, 0.6) is 5.75 Å². The Kier molecular flexibility index (Phi) is 5.83. The van der Waals surface area contributed by atoms with E-state index in [1.165, 1.54) is 5.56 Å². The molecule has 0 radical (unpaired) electrons. The highest BCUT2D eigenvalue weighted by molar-refractivity contribution is 5.26. The topological polar surface area (TPSA) is 61.7 Å². The van der Waals surface area contributed by atoms with Crippen LogP contribution in [0.1, 0.15) is 24.8 Å². The SMILES string of the molecule is Cc1ccc(OCC(O)CNCC2CCC(O)C2)cc1. The van der Waals surface area contributed by atoms with Crippen molar-refractivity contribution in [1.29, 1.82) is 0 Å². The Bertz CT molecular complexity index is 393. The Morgan fingerprint density at radius 1 is 1.30 bits per heavy atom. The summed E-state index contributed by atoms with van der Waals surface area (Å²) in [6, 6.07) is 7.81. The molecule has 0 aliphatic heterocycles. The fraction of sp³-hybridized carbons (Fsp3) is 0.625. The van der Waals surface area contributed by atoms with Crippen molar-refractivity contribution in [3.63, 3.8) is 0 Å². The number of benzene rings is 1. The van der Waals surface area contributed by atoms with E-state index in [1.807, 2.05) is 31.2 Å². The van der Waals surface area contributed by atoms with Gasteiger partial charge in [-0.3, -0.25) is 0 Å². The van der Waals surface area contributed by atoms with Gasteiger partial charge in [0.2, 0.25) is 0 Å². The van der Waals surface area contributed by atoms with Gasteiger partial charge in [0.25, 0.3) is 0 Å². The quantitative estimate of drug-likeness (QED) is 0.707. The minimum absolute atomic E-state index is 0.128. The molecular formula is C16H25NO3. The Hall–Kier alpha value is -1.10. The Balaban J connectivity index is 1.58. The second kappa shape index (κ2) is 7.62. The Morgan fingerprint density at radius 3 is 2.70 bits per heavy atom. The lowest BCUT2D eigenvalue weighted by molar-refractivity contribution is 0.105. The summed E-state index contributed by atoms with van der Waals surface area (Å²) in [5.41, 5.74) is 1.19. The van der Waals surface area contributed by atoms with E-state index in [1.54, 1.807) is 0 Å². The highest BCUT2D eigenvalue weighted by Crippen LogP contribution is 2.24. The van der Waals surface area contributed by atoms with E-state index in [-0.39, 0.29) is 6.10 Å². The number of aliphatic hydroxyl groups excluding tert-OH is 2. The van der Waals surface area contributed by atoms with Crippen molar-refractivity contribution in [2.24, 2.45) is 5.92 Å². The van der Waals surface area contributed by atoms with E-state index in [9.17, 15) is 10.2 Å². The van der Waals surface area contributed by atoms with Crippen molar-refractivity contribution >= 4 is 0 Å². The third kappa shape index (κ3) is 5.12. The summed E-state index contributed by atoms with van der Waals surface area (Å²) < 4.78 is 5.53. The van der Waals surface area contributed by atoms with Crippen molar-refractivity contribution in [1.82, 2.24) is 5.32 Å². The van der Waals surface area contributed by atoms with Crippen LogP contribution in [0.15, 0.2) is 24.3 Å². The molecule has 3 unspecified atom stereocenters. The van der Waals surface area contributed by atoms with Crippen LogP contribution < -0.4 is 10.1 Å². The average molecular weight is 279 g/mol. The third-order valence-corrected chi connectivity index (χ3v) is 3.79. The standard InChI is InChI=1S/C16H25NO3/c1-12-2-6-16(7-3-12)20-11-15(19)10-17-9-13-4-5-14(18)8-13/h2-3,6-7,13-15,17-19H,4-5,8-11H2,1H3. The summed E-state index contributed by atoms with van der Waals surface area (Å²) in [5, 5.41) is 22.5. The maximum Gasteiger partial charge on any atom is 0.119 e. The predicted molar refractivity (Wildman–Crippen MR) is 78.9 cm³/mol. The van der Waals surface area contributed by atoms with Crippen LogP contribution in [0.25, 0.3) is 0 Å². The van der Waals surface area contributed by atoms with Crippen molar-refractivity contribution in [3.8, 4) is 5.75 Å². The molecule has 1 aromatic rings. The molecule has 4 nitrogen and oxygen atoms in total. The monoisotopic (exact) mass is 279 g/mol. The zero-order chi connectivity index (χ0) is 14.4. The minimum atomic E-state index is -0.511. The summed E-state index contributed by atoms with van der Waals surface area (Å²) in [4.78, 5) is 0. The van der Waals surface area contributed by atoms with E-state index in [0.717, 1.165) is 31.6 Å². The molecule has 2 rings (SSSR count). The fourth-order valence-electron chi connectivity index (χ4n) is 2.57. The van der Waals surface area contributed by atoms with Gasteiger partial charge in [-0.25, -0.2) is 0 Å². The first kappa shape index (κ1) is 15.3. The van der Waals surface area contributed by atoms with Crippen LogP contribution in [-0.2, 0) is 0 Å². The van der Waals surface area contributed by atoms with Crippen LogP contribution in [-0.4, -0.2) is 42.1 Å². The van der Waals surface area contributed by atoms with Crippen LogP contribution in [0.3, 0.4) is 0 Å². The molecule has 1 aliphatic rings. The van der Waals surface area contributed by atoms with Gasteiger partial charge in [-0.05, 0) is 50.8 Å². The number of aliphatic hydroxyl groups is 2. The molecule has 0 aromatic heterocycles. The third-order valence-electron chi connectivity index (χ3n) is 3.79. The van der Waals surface area contributed by atoms with E-state index < -0.39 is 6.10 Å². The molecule has 3 N–H and O–H groups in total. The molecule has 3 atom stereocenters. The summed E-state index contributed by atoms with van der Waals surface area (Å²) in [5.74, 6) is 1.32. The van der Waals surface area contributed by atoms with Crippen LogP contribution in [0, 0.1) is 12.8 Å². The summed E-state index contributed by atoms with van der Waals surface area (Å²) in [7, 11) is 0. The lowest BCUT2D eigenvalue weighted by Gasteiger charge is -2.15. The van der Waals surface area contributed by atoms with Crippen LogP contribution >= 0.6 is 0 Å². The number of nitrogens with one attached hydrogen (secondary N) is 1. The van der Waals surface area contributed by atoms with Crippen molar-refractivity contribution < 1.29 is 14.9 Å². The molecule has 1 aromatic carbocycles. The molecule has 0 amide bonds. The van der Waals surface area contributed by atoms with Gasteiger partial charge in [0.1, 0.15) is 18.5 Å². The van der Waals surface area contributed by atoms with Gasteiger partial charge < -0.3 is 20.3 Å². The molecular weight excluding hydrogens is 254 g/mol. The van der Waals surface area contributed by atoms with Gasteiger partial charge >= 0.3 is 0 Å². The first-order valence-electron chi connectivity index (χ1n) is 7.40. The number of hydrogen-bond acceptors (Lipinski definition) is 4. The van der Waals surface area contributed by atoms with E-state index in [0.29, 0.717) is 19.1 Å². The second-order valence-corrected chi connectivity index (χ2v) is 5.77. The van der Waals surface area contributed by atoms with Gasteiger partial charge in [0.15, 0.2) is 0 Å². The van der Waals surface area contributed by atoms with Gasteiger partial charge in [-0.2, -0.15) is 0 Å². The first-order chi connectivity index (χ1) is 9.63. The summed E-state index contributed by atoms with van der Waals surface area (Å²) in [6.07, 6.45) is 2.22. The molecule has 1 aliphatic carbocycles. The molecule has 0 spiro atoms. The molecule has 1 saturated carbocycles. The lowest BCUT2D eigenvalue weighted by atomic mass is 10.1. The molecule has 20 heavy (non-hydrogen) atoms. The van der Waals surface area contributed by atoms with Gasteiger partial charge in [-0.15, -0.1) is 0 Å².